The highest BCUT2D eigenvalue weighted by atomic mass is 32.1. The first-order valence-corrected chi connectivity index (χ1v) is 7.09. The molecule has 4 nitrogen and oxygen atoms in total. The van der Waals surface area contributed by atoms with E-state index in [1.165, 1.54) is 0 Å². The van der Waals surface area contributed by atoms with Gasteiger partial charge >= 0.3 is 0 Å². The smallest absolute Gasteiger partial charge is 0.277 e. The number of aryl methyl sites for hydroxylation is 2. The first-order chi connectivity index (χ1) is 9.66. The molecular weight excluding hydrogens is 272 g/mol. The van der Waals surface area contributed by atoms with Crippen LogP contribution in [-0.2, 0) is 4.79 Å². The average molecular weight is 288 g/mol. The Hall–Kier alpha value is -2.14. The number of carbonyl (C=O) groups excluding carboxylic acids is 1. The van der Waals surface area contributed by atoms with E-state index in [0.29, 0.717) is 5.75 Å². The van der Waals surface area contributed by atoms with Crippen LogP contribution in [0.15, 0.2) is 40.8 Å². The van der Waals surface area contributed by atoms with E-state index < -0.39 is 0 Å². The van der Waals surface area contributed by atoms with Gasteiger partial charge in [-0.1, -0.05) is 18.2 Å². The Balaban J connectivity index is 1.80. The van der Waals surface area contributed by atoms with Crippen LogP contribution < -0.4 is 10.2 Å². The van der Waals surface area contributed by atoms with Gasteiger partial charge in [-0.15, -0.1) is 11.3 Å². The molecule has 1 aromatic carbocycles. The van der Waals surface area contributed by atoms with E-state index in [1.807, 2.05) is 49.6 Å². The van der Waals surface area contributed by atoms with Crippen LogP contribution in [0, 0.1) is 13.8 Å². The third kappa shape index (κ3) is 3.93. The number of carbonyl (C=O) groups is 1. The monoisotopic (exact) mass is 288 g/mol. The van der Waals surface area contributed by atoms with Gasteiger partial charge in [0.1, 0.15) is 5.75 Å². The highest BCUT2D eigenvalue weighted by molar-refractivity contribution is 7.11. The Kier molecular flexibility index (Phi) is 4.90. The van der Waals surface area contributed by atoms with E-state index in [9.17, 15) is 4.79 Å². The van der Waals surface area contributed by atoms with E-state index in [1.54, 1.807) is 17.6 Å². The predicted octanol–water partition coefficient (Wildman–Crippen LogP) is 2.89. The summed E-state index contributed by atoms with van der Waals surface area (Å²) in [4.78, 5) is 12.6. The molecule has 0 saturated carbocycles. The summed E-state index contributed by atoms with van der Waals surface area (Å²) < 4.78 is 5.43. The molecule has 0 aliphatic heterocycles. The van der Waals surface area contributed by atoms with Gasteiger partial charge in [-0.25, -0.2) is 5.43 Å². The van der Waals surface area contributed by atoms with E-state index in [2.05, 4.69) is 10.5 Å². The van der Waals surface area contributed by atoms with E-state index >= 15 is 0 Å². The van der Waals surface area contributed by atoms with Gasteiger partial charge in [-0.2, -0.15) is 5.10 Å². The van der Waals surface area contributed by atoms with Gasteiger partial charge in [0.25, 0.3) is 5.91 Å². The van der Waals surface area contributed by atoms with Crippen molar-refractivity contribution >= 4 is 23.5 Å². The van der Waals surface area contributed by atoms with Crippen molar-refractivity contribution in [3.05, 3.63) is 51.7 Å². The second-order valence-electron chi connectivity index (χ2n) is 4.32. The van der Waals surface area contributed by atoms with Crippen molar-refractivity contribution in [2.45, 2.75) is 13.8 Å². The second-order valence-corrected chi connectivity index (χ2v) is 5.26. The van der Waals surface area contributed by atoms with E-state index in [0.717, 1.165) is 16.0 Å². The standard InChI is InChI=1S/C15H16N2O2S/c1-11-5-3-4-6-13(11)19-10-15(18)17-16-9-14-12(2)7-8-20-14/h3-9H,10H2,1-2H3,(H,17,18)/b16-9-. The third-order valence-electron chi connectivity index (χ3n) is 2.73. The number of ether oxygens (including phenoxy) is 1. The maximum atomic E-state index is 11.6. The number of thiophene rings is 1. The molecule has 104 valence electrons. The van der Waals surface area contributed by atoms with Crippen LogP contribution in [0.1, 0.15) is 16.0 Å². The van der Waals surface area contributed by atoms with Gasteiger partial charge in [-0.05, 0) is 42.5 Å². The summed E-state index contributed by atoms with van der Waals surface area (Å²) in [7, 11) is 0. The summed E-state index contributed by atoms with van der Waals surface area (Å²) in [6.45, 7) is 3.89. The Morgan fingerprint density at radius 1 is 1.30 bits per heavy atom. The fourth-order valence-electron chi connectivity index (χ4n) is 1.57. The fourth-order valence-corrected chi connectivity index (χ4v) is 2.36. The van der Waals surface area contributed by atoms with Gasteiger partial charge in [0.2, 0.25) is 0 Å². The van der Waals surface area contributed by atoms with Crippen LogP contribution in [0.5, 0.6) is 5.75 Å². The minimum Gasteiger partial charge on any atom is -0.483 e. The number of amides is 1. The molecule has 0 saturated heterocycles. The van der Waals surface area contributed by atoms with Crippen LogP contribution >= 0.6 is 11.3 Å². The van der Waals surface area contributed by atoms with Crippen molar-refractivity contribution in [1.82, 2.24) is 5.43 Å². The predicted molar refractivity (Wildman–Crippen MR) is 81.5 cm³/mol. The van der Waals surface area contributed by atoms with Crippen LogP contribution in [0.2, 0.25) is 0 Å². The number of nitrogens with one attached hydrogen (secondary N) is 1. The molecule has 0 aliphatic carbocycles. The summed E-state index contributed by atoms with van der Waals surface area (Å²) in [5.74, 6) is 0.430. The molecule has 0 spiro atoms. The molecule has 2 rings (SSSR count). The molecule has 5 heteroatoms. The van der Waals surface area contributed by atoms with Gasteiger partial charge in [0.15, 0.2) is 6.61 Å². The summed E-state index contributed by atoms with van der Waals surface area (Å²) in [5.41, 5.74) is 4.59. The Labute approximate surface area is 122 Å². The third-order valence-corrected chi connectivity index (χ3v) is 3.68. The maximum absolute atomic E-state index is 11.6. The number of hydrazone groups is 1. The summed E-state index contributed by atoms with van der Waals surface area (Å²) in [5, 5.41) is 5.90. The number of hydrogen-bond acceptors (Lipinski definition) is 4. The summed E-state index contributed by atoms with van der Waals surface area (Å²) >= 11 is 1.58. The molecule has 20 heavy (non-hydrogen) atoms. The molecule has 1 heterocycles. The number of benzene rings is 1. The number of para-hydroxylation sites is 1. The lowest BCUT2D eigenvalue weighted by atomic mass is 10.2. The zero-order valence-electron chi connectivity index (χ0n) is 11.4. The van der Waals surface area contributed by atoms with Crippen LogP contribution in [-0.4, -0.2) is 18.7 Å². The highest BCUT2D eigenvalue weighted by Crippen LogP contribution is 2.15. The Bertz CT molecular complexity index is 620. The zero-order valence-corrected chi connectivity index (χ0v) is 12.2. The highest BCUT2D eigenvalue weighted by Gasteiger charge is 2.03. The molecule has 0 unspecified atom stereocenters. The molecular formula is C15H16N2O2S. The molecule has 0 atom stereocenters. The molecule has 1 N–H and O–H groups in total. The first-order valence-electron chi connectivity index (χ1n) is 6.21. The van der Waals surface area contributed by atoms with Gasteiger partial charge in [0.05, 0.1) is 6.21 Å². The first kappa shape index (κ1) is 14.3. The molecule has 1 aromatic heterocycles. The Morgan fingerprint density at radius 2 is 2.10 bits per heavy atom. The molecule has 0 radical (unpaired) electrons. The topological polar surface area (TPSA) is 50.7 Å². The molecule has 0 aliphatic rings. The maximum Gasteiger partial charge on any atom is 0.277 e. The van der Waals surface area contributed by atoms with Gasteiger partial charge in [-0.3, -0.25) is 4.79 Å². The van der Waals surface area contributed by atoms with Gasteiger partial charge < -0.3 is 4.74 Å². The lowest BCUT2D eigenvalue weighted by molar-refractivity contribution is -0.123. The molecule has 0 fully saturated rings. The fraction of sp³-hybridized carbons (Fsp3) is 0.200. The quantitative estimate of drug-likeness (QED) is 0.679. The van der Waals surface area contributed by atoms with Crippen molar-refractivity contribution in [3.63, 3.8) is 0 Å². The van der Waals surface area contributed by atoms with Crippen LogP contribution in [0.4, 0.5) is 0 Å². The number of rotatable bonds is 5. The van der Waals surface area contributed by atoms with Crippen molar-refractivity contribution in [3.8, 4) is 5.75 Å². The van der Waals surface area contributed by atoms with Crippen molar-refractivity contribution in [2.75, 3.05) is 6.61 Å². The second kappa shape index (κ2) is 6.86. The SMILES string of the molecule is Cc1ccccc1OCC(=O)N/N=C\c1sccc1C. The molecule has 0 bridgehead atoms. The zero-order chi connectivity index (χ0) is 14.4. The molecule has 2 aromatic rings. The van der Waals surface area contributed by atoms with Crippen LogP contribution in [0.25, 0.3) is 0 Å². The van der Waals surface area contributed by atoms with E-state index in [-0.39, 0.29) is 12.5 Å². The van der Waals surface area contributed by atoms with Gasteiger partial charge in [0, 0.05) is 4.88 Å². The average Bonchev–Trinajstić information content (AvgIpc) is 2.84. The van der Waals surface area contributed by atoms with Crippen molar-refractivity contribution in [1.29, 1.82) is 0 Å². The number of hydrogen-bond donors (Lipinski definition) is 1. The lowest BCUT2D eigenvalue weighted by Gasteiger charge is -2.07. The normalized spacial score (nSPS) is 10.7. The summed E-state index contributed by atoms with van der Waals surface area (Å²) in [6, 6.07) is 9.58. The minimum absolute atomic E-state index is 0.0500. The van der Waals surface area contributed by atoms with Crippen molar-refractivity contribution in [2.24, 2.45) is 5.10 Å². The minimum atomic E-state index is -0.279. The summed E-state index contributed by atoms with van der Waals surface area (Å²) in [6.07, 6.45) is 1.64. The number of nitrogens with zero attached hydrogens (tertiary/aromatic N) is 1. The van der Waals surface area contributed by atoms with E-state index in [4.69, 9.17) is 4.74 Å². The molecule has 1 amide bonds. The Morgan fingerprint density at radius 3 is 2.80 bits per heavy atom. The lowest BCUT2D eigenvalue weighted by Crippen LogP contribution is -2.24. The van der Waals surface area contributed by atoms with Crippen molar-refractivity contribution < 1.29 is 9.53 Å². The van der Waals surface area contributed by atoms with Crippen LogP contribution in [0.3, 0.4) is 0 Å². The largest absolute Gasteiger partial charge is 0.483 e.